The van der Waals surface area contributed by atoms with E-state index in [9.17, 15) is 4.79 Å². The van der Waals surface area contributed by atoms with Crippen LogP contribution in [0.25, 0.3) is 0 Å². The van der Waals surface area contributed by atoms with Crippen LogP contribution in [0, 0.1) is 0 Å². The van der Waals surface area contributed by atoms with Crippen LogP contribution in [-0.2, 0) is 25.6 Å². The van der Waals surface area contributed by atoms with Gasteiger partial charge in [0.05, 0.1) is 19.8 Å². The molecule has 0 saturated carbocycles. The molecule has 1 aromatic carbocycles. The fourth-order valence-corrected chi connectivity index (χ4v) is 2.41. The van der Waals surface area contributed by atoms with Crippen molar-refractivity contribution in [1.29, 1.82) is 0 Å². The Hall–Kier alpha value is -1.18. The van der Waals surface area contributed by atoms with E-state index in [-0.39, 0.29) is 18.3 Å². The summed E-state index contributed by atoms with van der Waals surface area (Å²) in [6.07, 6.45) is 1.08. The monoisotopic (exact) mass is 358 g/mol. The molecule has 1 fully saturated rings. The summed E-state index contributed by atoms with van der Waals surface area (Å²) >= 11 is 0. The molecule has 1 aliphatic heterocycles. The fourth-order valence-electron chi connectivity index (χ4n) is 2.41. The fraction of sp³-hybridized carbons (Fsp3) is 0.588. The molecule has 0 atom stereocenters. The Bertz CT molecular complexity index is 507. The minimum absolute atomic E-state index is 0. The Balaban J connectivity index is 0.00000288. The molecule has 0 aliphatic carbocycles. The first-order valence-electron chi connectivity index (χ1n) is 8.06. The molecule has 0 spiro atoms. The number of nitrogens with two attached hydrogens (primary N) is 1. The number of rotatable bonds is 8. The number of halogens is 1. The van der Waals surface area contributed by atoms with Crippen LogP contribution in [0.1, 0.15) is 25.3 Å². The maximum absolute atomic E-state index is 12.4. The van der Waals surface area contributed by atoms with Crippen LogP contribution in [0.4, 0.5) is 5.69 Å². The quantitative estimate of drug-likeness (QED) is 0.695. The van der Waals surface area contributed by atoms with Gasteiger partial charge < -0.3 is 25.3 Å². The predicted molar refractivity (Wildman–Crippen MR) is 95.4 cm³/mol. The first-order chi connectivity index (χ1) is 11.1. The number of carbonyl (C=O) groups excluding carboxylic acids is 1. The van der Waals surface area contributed by atoms with Gasteiger partial charge in [-0.2, -0.15) is 0 Å². The van der Waals surface area contributed by atoms with Gasteiger partial charge in [-0.3, -0.25) is 4.79 Å². The lowest BCUT2D eigenvalue weighted by Crippen LogP contribution is -2.54. The van der Waals surface area contributed by atoms with E-state index >= 15 is 0 Å². The molecule has 0 radical (unpaired) electrons. The van der Waals surface area contributed by atoms with Gasteiger partial charge in [0.2, 0.25) is 5.91 Å². The van der Waals surface area contributed by atoms with E-state index < -0.39 is 5.54 Å². The van der Waals surface area contributed by atoms with Crippen molar-refractivity contribution in [1.82, 2.24) is 0 Å². The van der Waals surface area contributed by atoms with Crippen molar-refractivity contribution in [2.75, 3.05) is 38.4 Å². The van der Waals surface area contributed by atoms with Crippen LogP contribution in [0.5, 0.6) is 0 Å². The van der Waals surface area contributed by atoms with E-state index in [2.05, 4.69) is 5.32 Å². The Morgan fingerprint density at radius 3 is 2.71 bits per heavy atom. The second-order valence-electron chi connectivity index (χ2n) is 5.67. The number of hydrogen-bond acceptors (Lipinski definition) is 5. The number of nitrogens with one attached hydrogen (secondary N) is 1. The number of hydrogen-bond donors (Lipinski definition) is 2. The van der Waals surface area contributed by atoms with Crippen molar-refractivity contribution in [3.8, 4) is 0 Å². The Morgan fingerprint density at radius 2 is 2.00 bits per heavy atom. The molecule has 1 heterocycles. The van der Waals surface area contributed by atoms with E-state index in [0.717, 1.165) is 11.3 Å². The molecule has 3 N–H and O–H groups in total. The van der Waals surface area contributed by atoms with Gasteiger partial charge in [0.25, 0.3) is 0 Å². The highest BCUT2D eigenvalue weighted by atomic mass is 35.5. The summed E-state index contributed by atoms with van der Waals surface area (Å²) < 4.78 is 16.0. The van der Waals surface area contributed by atoms with E-state index in [4.69, 9.17) is 19.9 Å². The highest BCUT2D eigenvalue weighted by Gasteiger charge is 2.35. The Morgan fingerprint density at radius 1 is 1.29 bits per heavy atom. The smallest absolute Gasteiger partial charge is 0.244 e. The van der Waals surface area contributed by atoms with Crippen LogP contribution in [-0.4, -0.2) is 44.5 Å². The summed E-state index contributed by atoms with van der Waals surface area (Å²) in [6, 6.07) is 7.61. The number of amides is 1. The van der Waals surface area contributed by atoms with Crippen molar-refractivity contribution >= 4 is 24.0 Å². The third-order valence-electron chi connectivity index (χ3n) is 3.87. The molecule has 1 saturated heterocycles. The highest BCUT2D eigenvalue weighted by molar-refractivity contribution is 5.98. The predicted octanol–water partition coefficient (Wildman–Crippen LogP) is 2.11. The largest absolute Gasteiger partial charge is 0.381 e. The highest BCUT2D eigenvalue weighted by Crippen LogP contribution is 2.20. The van der Waals surface area contributed by atoms with E-state index in [1.807, 2.05) is 31.2 Å². The van der Waals surface area contributed by atoms with Gasteiger partial charge in [0, 0.05) is 25.5 Å². The normalized spacial score (nSPS) is 16.2. The zero-order valence-corrected chi connectivity index (χ0v) is 14.9. The van der Waals surface area contributed by atoms with Gasteiger partial charge >= 0.3 is 0 Å². The zero-order chi connectivity index (χ0) is 16.5. The molecule has 136 valence electrons. The minimum atomic E-state index is -0.845. The molecule has 0 unspecified atom stereocenters. The van der Waals surface area contributed by atoms with E-state index in [0.29, 0.717) is 52.5 Å². The molecule has 1 aliphatic rings. The van der Waals surface area contributed by atoms with Crippen LogP contribution in [0.3, 0.4) is 0 Å². The average Bonchev–Trinajstić information content (AvgIpc) is 2.56. The third-order valence-corrected chi connectivity index (χ3v) is 3.87. The maximum Gasteiger partial charge on any atom is 0.244 e. The van der Waals surface area contributed by atoms with Gasteiger partial charge in [-0.25, -0.2) is 0 Å². The molecular formula is C17H27ClN2O4. The summed E-state index contributed by atoms with van der Waals surface area (Å²) in [5.41, 5.74) is 7.07. The van der Waals surface area contributed by atoms with Gasteiger partial charge in [-0.05, 0) is 37.5 Å². The summed E-state index contributed by atoms with van der Waals surface area (Å²) in [7, 11) is 0. The SMILES string of the molecule is CCOCCOCc1cccc(NC(=O)C2(N)CCOCC2)c1.Cl. The first-order valence-corrected chi connectivity index (χ1v) is 8.06. The summed E-state index contributed by atoms with van der Waals surface area (Å²) in [5, 5.41) is 2.90. The number of benzene rings is 1. The van der Waals surface area contributed by atoms with Crippen LogP contribution in [0.2, 0.25) is 0 Å². The number of ether oxygens (including phenoxy) is 3. The van der Waals surface area contributed by atoms with Crippen LogP contribution in [0.15, 0.2) is 24.3 Å². The lowest BCUT2D eigenvalue weighted by molar-refractivity contribution is -0.124. The average molecular weight is 359 g/mol. The standard InChI is InChI=1S/C17H26N2O4.ClH/c1-2-21-10-11-23-13-14-4-3-5-15(12-14)19-16(20)17(18)6-8-22-9-7-17;/h3-5,12H,2,6-11,13,18H2,1H3,(H,19,20);1H. The number of carbonyl (C=O) groups is 1. The van der Waals surface area contributed by atoms with E-state index in [1.165, 1.54) is 0 Å². The van der Waals surface area contributed by atoms with E-state index in [1.54, 1.807) is 0 Å². The molecule has 1 amide bonds. The topological polar surface area (TPSA) is 82.8 Å². The molecule has 7 heteroatoms. The third kappa shape index (κ3) is 6.37. The summed E-state index contributed by atoms with van der Waals surface area (Å²) in [4.78, 5) is 12.4. The Labute approximate surface area is 149 Å². The van der Waals surface area contributed by atoms with Crippen molar-refractivity contribution in [2.24, 2.45) is 5.73 Å². The molecular weight excluding hydrogens is 332 g/mol. The molecule has 1 aromatic rings. The lowest BCUT2D eigenvalue weighted by Gasteiger charge is -2.31. The van der Waals surface area contributed by atoms with Crippen molar-refractivity contribution in [3.05, 3.63) is 29.8 Å². The van der Waals surface area contributed by atoms with Gasteiger partial charge in [0.15, 0.2) is 0 Å². The molecule has 6 nitrogen and oxygen atoms in total. The lowest BCUT2D eigenvalue weighted by atomic mass is 9.90. The molecule has 0 aromatic heterocycles. The summed E-state index contributed by atoms with van der Waals surface area (Å²) in [6.45, 7) is 5.32. The van der Waals surface area contributed by atoms with Gasteiger partial charge in [0.1, 0.15) is 5.54 Å². The van der Waals surface area contributed by atoms with Crippen molar-refractivity contribution in [2.45, 2.75) is 31.9 Å². The second kappa shape index (κ2) is 10.6. The molecule has 2 rings (SSSR count). The van der Waals surface area contributed by atoms with Crippen molar-refractivity contribution < 1.29 is 19.0 Å². The summed E-state index contributed by atoms with van der Waals surface area (Å²) in [5.74, 6) is -0.157. The van der Waals surface area contributed by atoms with Crippen LogP contribution >= 0.6 is 12.4 Å². The second-order valence-corrected chi connectivity index (χ2v) is 5.67. The van der Waals surface area contributed by atoms with Crippen molar-refractivity contribution in [3.63, 3.8) is 0 Å². The Kier molecular flexibility index (Phi) is 9.25. The first kappa shape index (κ1) is 20.9. The van der Waals surface area contributed by atoms with Gasteiger partial charge in [-0.1, -0.05) is 12.1 Å². The number of anilines is 1. The molecule has 0 bridgehead atoms. The van der Waals surface area contributed by atoms with Crippen LogP contribution < -0.4 is 11.1 Å². The minimum Gasteiger partial charge on any atom is -0.381 e. The molecule has 24 heavy (non-hydrogen) atoms. The van der Waals surface area contributed by atoms with Gasteiger partial charge in [-0.15, -0.1) is 12.4 Å². The zero-order valence-electron chi connectivity index (χ0n) is 14.1. The maximum atomic E-state index is 12.4.